The van der Waals surface area contributed by atoms with Gasteiger partial charge in [0.1, 0.15) is 5.82 Å². The van der Waals surface area contributed by atoms with E-state index in [0.717, 1.165) is 18.9 Å². The quantitative estimate of drug-likeness (QED) is 0.777. The molecule has 4 nitrogen and oxygen atoms in total. The number of piperidine rings is 1. The minimum atomic E-state index is 0.641. The molecule has 4 heteroatoms. The summed E-state index contributed by atoms with van der Waals surface area (Å²) in [4.78, 5) is 10.2. The van der Waals surface area contributed by atoms with Crippen LogP contribution in [0.15, 0.2) is 6.20 Å². The molecule has 0 bridgehead atoms. The number of imidazole rings is 1. The molecule has 1 aromatic heterocycles. The Kier molecular flexibility index (Phi) is 3.38. The van der Waals surface area contributed by atoms with Crippen LogP contribution in [0.3, 0.4) is 0 Å². The zero-order chi connectivity index (χ0) is 10.7. The van der Waals surface area contributed by atoms with Crippen molar-refractivity contribution in [2.45, 2.75) is 25.3 Å². The van der Waals surface area contributed by atoms with Gasteiger partial charge in [0.15, 0.2) is 0 Å². The third kappa shape index (κ3) is 2.58. The first-order valence-electron chi connectivity index (χ1n) is 5.66. The summed E-state index contributed by atoms with van der Waals surface area (Å²) in [7, 11) is 4.13. The molecule has 1 fully saturated rings. The van der Waals surface area contributed by atoms with Crippen LogP contribution >= 0.6 is 0 Å². The average Bonchev–Trinajstić information content (AvgIpc) is 2.67. The minimum absolute atomic E-state index is 0.641. The van der Waals surface area contributed by atoms with Gasteiger partial charge in [0.05, 0.1) is 6.54 Å². The summed E-state index contributed by atoms with van der Waals surface area (Å²) in [5.74, 6) is 1.68. The fraction of sp³-hybridized carbons (Fsp3) is 0.727. The summed E-state index contributed by atoms with van der Waals surface area (Å²) in [5.41, 5.74) is 1.30. The molecule has 0 aliphatic carbocycles. The molecule has 0 aromatic carbocycles. The molecule has 1 aliphatic rings. The normalized spacial score (nSPS) is 23.2. The number of likely N-dealkylation sites (N-methyl/N-ethyl adjacent to an activating group) is 1. The van der Waals surface area contributed by atoms with E-state index in [0.29, 0.717) is 5.92 Å². The Morgan fingerprint density at radius 2 is 2.53 bits per heavy atom. The van der Waals surface area contributed by atoms with Gasteiger partial charge in [-0.3, -0.25) is 0 Å². The Morgan fingerprint density at radius 1 is 1.67 bits per heavy atom. The molecule has 1 atom stereocenters. The highest BCUT2D eigenvalue weighted by atomic mass is 15.1. The van der Waals surface area contributed by atoms with E-state index in [1.165, 1.54) is 25.1 Å². The molecule has 15 heavy (non-hydrogen) atoms. The summed E-state index contributed by atoms with van der Waals surface area (Å²) >= 11 is 0. The van der Waals surface area contributed by atoms with Gasteiger partial charge >= 0.3 is 0 Å². The molecule has 1 aromatic rings. The van der Waals surface area contributed by atoms with Crippen molar-refractivity contribution in [2.75, 3.05) is 27.2 Å². The molecule has 1 unspecified atom stereocenters. The number of hydrogen-bond donors (Lipinski definition) is 2. The van der Waals surface area contributed by atoms with Gasteiger partial charge in [-0.2, -0.15) is 0 Å². The van der Waals surface area contributed by atoms with E-state index in [4.69, 9.17) is 0 Å². The topological polar surface area (TPSA) is 44.0 Å². The average molecular weight is 208 g/mol. The zero-order valence-corrected chi connectivity index (χ0v) is 9.58. The molecule has 2 rings (SSSR count). The summed E-state index contributed by atoms with van der Waals surface area (Å²) in [5, 5.41) is 3.10. The minimum Gasteiger partial charge on any atom is -0.345 e. The Balaban J connectivity index is 2.01. The first-order chi connectivity index (χ1) is 7.29. The monoisotopic (exact) mass is 208 g/mol. The molecule has 1 saturated heterocycles. The molecule has 0 amide bonds. The zero-order valence-electron chi connectivity index (χ0n) is 9.58. The number of aromatic nitrogens is 2. The van der Waals surface area contributed by atoms with Crippen molar-refractivity contribution >= 4 is 0 Å². The molecule has 2 N–H and O–H groups in total. The lowest BCUT2D eigenvalue weighted by Gasteiger charge is -2.28. The summed E-state index contributed by atoms with van der Waals surface area (Å²) in [6, 6.07) is 0. The predicted molar refractivity (Wildman–Crippen MR) is 60.8 cm³/mol. The number of likely N-dealkylation sites (tertiary alicyclic amines) is 1. The number of aromatic amines is 1. The smallest absolute Gasteiger partial charge is 0.120 e. The van der Waals surface area contributed by atoms with Crippen molar-refractivity contribution in [2.24, 2.45) is 0 Å². The fourth-order valence-electron chi connectivity index (χ4n) is 2.26. The van der Waals surface area contributed by atoms with Crippen LogP contribution in [0.2, 0.25) is 0 Å². The summed E-state index contributed by atoms with van der Waals surface area (Å²) in [6.45, 7) is 3.21. The Hall–Kier alpha value is -0.870. The predicted octanol–water partition coefficient (Wildman–Crippen LogP) is 0.938. The third-order valence-corrected chi connectivity index (χ3v) is 3.06. The van der Waals surface area contributed by atoms with E-state index in [1.807, 2.05) is 13.2 Å². The molecule has 84 valence electrons. The van der Waals surface area contributed by atoms with Crippen molar-refractivity contribution in [3.8, 4) is 0 Å². The Morgan fingerprint density at radius 3 is 3.27 bits per heavy atom. The van der Waals surface area contributed by atoms with E-state index in [1.54, 1.807) is 0 Å². The van der Waals surface area contributed by atoms with Gasteiger partial charge in [0.25, 0.3) is 0 Å². The first-order valence-corrected chi connectivity index (χ1v) is 5.66. The van der Waals surface area contributed by atoms with Gasteiger partial charge in [-0.1, -0.05) is 0 Å². The molecule has 0 saturated carbocycles. The second-order valence-corrected chi connectivity index (χ2v) is 4.42. The van der Waals surface area contributed by atoms with E-state index >= 15 is 0 Å². The number of nitrogens with one attached hydrogen (secondary N) is 2. The van der Waals surface area contributed by atoms with Crippen LogP contribution in [-0.2, 0) is 6.54 Å². The Bertz CT molecular complexity index is 307. The lowest BCUT2D eigenvalue weighted by atomic mass is 9.96. The van der Waals surface area contributed by atoms with Gasteiger partial charge in [-0.05, 0) is 33.5 Å². The van der Waals surface area contributed by atoms with Crippen LogP contribution in [0.25, 0.3) is 0 Å². The highest BCUT2D eigenvalue weighted by molar-refractivity contribution is 5.09. The fourth-order valence-corrected chi connectivity index (χ4v) is 2.26. The molecule has 0 radical (unpaired) electrons. The maximum absolute atomic E-state index is 4.37. The SMILES string of the molecule is CNCc1ncc(C2CCCN(C)C2)[nH]1. The van der Waals surface area contributed by atoms with Gasteiger partial charge < -0.3 is 15.2 Å². The van der Waals surface area contributed by atoms with Crippen LogP contribution in [0.5, 0.6) is 0 Å². The second-order valence-electron chi connectivity index (χ2n) is 4.42. The van der Waals surface area contributed by atoms with E-state index in [2.05, 4.69) is 27.2 Å². The van der Waals surface area contributed by atoms with Crippen LogP contribution in [0.4, 0.5) is 0 Å². The molecule has 1 aliphatic heterocycles. The van der Waals surface area contributed by atoms with Crippen molar-refractivity contribution in [3.05, 3.63) is 17.7 Å². The highest BCUT2D eigenvalue weighted by Gasteiger charge is 2.20. The highest BCUT2D eigenvalue weighted by Crippen LogP contribution is 2.24. The van der Waals surface area contributed by atoms with Crippen LogP contribution in [0.1, 0.15) is 30.3 Å². The lowest BCUT2D eigenvalue weighted by Crippen LogP contribution is -2.30. The number of hydrogen-bond acceptors (Lipinski definition) is 3. The van der Waals surface area contributed by atoms with E-state index in [9.17, 15) is 0 Å². The van der Waals surface area contributed by atoms with Crippen molar-refractivity contribution < 1.29 is 0 Å². The Labute approximate surface area is 91.1 Å². The van der Waals surface area contributed by atoms with Gasteiger partial charge in [0.2, 0.25) is 0 Å². The summed E-state index contributed by atoms with van der Waals surface area (Å²) < 4.78 is 0. The number of H-pyrrole nitrogens is 1. The lowest BCUT2D eigenvalue weighted by molar-refractivity contribution is 0.248. The van der Waals surface area contributed by atoms with Crippen molar-refractivity contribution in [1.29, 1.82) is 0 Å². The van der Waals surface area contributed by atoms with E-state index in [-0.39, 0.29) is 0 Å². The van der Waals surface area contributed by atoms with Gasteiger partial charge in [-0.15, -0.1) is 0 Å². The largest absolute Gasteiger partial charge is 0.345 e. The van der Waals surface area contributed by atoms with E-state index < -0.39 is 0 Å². The summed E-state index contributed by atoms with van der Waals surface area (Å²) in [6.07, 6.45) is 4.57. The number of rotatable bonds is 3. The van der Waals surface area contributed by atoms with Crippen LogP contribution < -0.4 is 5.32 Å². The van der Waals surface area contributed by atoms with Crippen molar-refractivity contribution in [1.82, 2.24) is 20.2 Å². The van der Waals surface area contributed by atoms with Crippen LogP contribution in [0, 0.1) is 0 Å². The maximum atomic E-state index is 4.37. The first kappa shape index (κ1) is 10.6. The second kappa shape index (κ2) is 4.77. The third-order valence-electron chi connectivity index (χ3n) is 3.06. The standard InChI is InChI=1S/C11H20N4/c1-12-7-11-13-6-10(14-11)9-4-3-5-15(2)8-9/h6,9,12H,3-5,7-8H2,1-2H3,(H,13,14). The number of nitrogens with zero attached hydrogens (tertiary/aromatic N) is 2. The molecule has 2 heterocycles. The maximum Gasteiger partial charge on any atom is 0.120 e. The van der Waals surface area contributed by atoms with Gasteiger partial charge in [0, 0.05) is 24.4 Å². The molecular formula is C11H20N4. The van der Waals surface area contributed by atoms with Crippen LogP contribution in [-0.4, -0.2) is 42.1 Å². The van der Waals surface area contributed by atoms with Crippen molar-refractivity contribution in [3.63, 3.8) is 0 Å². The van der Waals surface area contributed by atoms with Gasteiger partial charge in [-0.25, -0.2) is 4.98 Å². The molecule has 0 spiro atoms. The molecular weight excluding hydrogens is 188 g/mol.